The number of hydrogen-bond acceptors (Lipinski definition) is 5. The number of fused-ring (bicyclic) bond motifs is 1. The lowest BCUT2D eigenvalue weighted by Crippen LogP contribution is -2.00. The maximum absolute atomic E-state index is 7.13. The molecule has 0 amide bonds. The summed E-state index contributed by atoms with van der Waals surface area (Å²) < 4.78 is 0. The van der Waals surface area contributed by atoms with E-state index in [0.717, 1.165) is 0 Å². The van der Waals surface area contributed by atoms with Crippen LogP contribution in [0.25, 0.3) is 11.2 Å². The third-order valence-electron chi connectivity index (χ3n) is 1.21. The van der Waals surface area contributed by atoms with E-state index in [2.05, 4.69) is 25.6 Å². The van der Waals surface area contributed by atoms with Gasteiger partial charge >= 0.3 is 0 Å². The summed E-state index contributed by atoms with van der Waals surface area (Å²) in [6, 6.07) is 3.15. The molecule has 0 unspecified atom stereocenters. The average Bonchev–Trinajstić information content (AvgIpc) is 2.38. The molecule has 0 bridgehead atoms. The van der Waals surface area contributed by atoms with Crippen LogP contribution in [0.2, 0.25) is 0 Å². The summed E-state index contributed by atoms with van der Waals surface area (Å²) in [4.78, 5) is 0. The zero-order chi connectivity index (χ0) is 7.68. The van der Waals surface area contributed by atoms with Gasteiger partial charge in [-0.1, -0.05) is 0 Å². The molecular weight excluding hydrogens is 144 g/mol. The molecular formula is C5H4N6. The van der Waals surface area contributed by atoms with Gasteiger partial charge in [-0.25, -0.2) is 0 Å². The van der Waals surface area contributed by atoms with Crippen molar-refractivity contribution in [1.29, 1.82) is 5.41 Å². The van der Waals surface area contributed by atoms with Crippen LogP contribution >= 0.6 is 0 Å². The fourth-order valence-corrected chi connectivity index (χ4v) is 0.711. The monoisotopic (exact) mass is 148 g/mol. The first kappa shape index (κ1) is 5.90. The Hall–Kier alpha value is -1.85. The Kier molecular flexibility index (Phi) is 1.12. The molecule has 0 aliphatic carbocycles. The van der Waals surface area contributed by atoms with E-state index in [1.807, 2.05) is 0 Å². The van der Waals surface area contributed by atoms with Crippen LogP contribution in [0.15, 0.2) is 12.1 Å². The molecule has 2 aromatic heterocycles. The Balaban J connectivity index is 2.96. The van der Waals surface area contributed by atoms with Crippen molar-refractivity contribution in [3.8, 4) is 0 Å². The fourth-order valence-electron chi connectivity index (χ4n) is 0.711. The molecule has 0 fully saturated rings. The molecule has 0 aliphatic rings. The average molecular weight is 148 g/mol. The number of rotatable bonds is 0. The minimum Gasteiger partial charge on any atom is -0.281 e. The van der Waals surface area contributed by atoms with Crippen molar-refractivity contribution < 1.29 is 0 Å². The van der Waals surface area contributed by atoms with Crippen LogP contribution in [-0.4, -0.2) is 25.6 Å². The van der Waals surface area contributed by atoms with E-state index < -0.39 is 0 Å². The fraction of sp³-hybridized carbons (Fsp3) is 0. The van der Waals surface area contributed by atoms with Gasteiger partial charge < -0.3 is 0 Å². The van der Waals surface area contributed by atoms with Gasteiger partial charge in [0.2, 0.25) is 5.65 Å². The third-order valence-corrected chi connectivity index (χ3v) is 1.21. The minimum absolute atomic E-state index is 0.102. The Morgan fingerprint density at radius 2 is 2.09 bits per heavy atom. The lowest BCUT2D eigenvalue weighted by atomic mass is 10.5. The van der Waals surface area contributed by atoms with Gasteiger partial charge in [0.05, 0.1) is 0 Å². The molecule has 54 valence electrons. The Morgan fingerprint density at radius 3 is 3.00 bits per heavy atom. The van der Waals surface area contributed by atoms with Crippen LogP contribution in [0, 0.1) is 5.41 Å². The number of aromatic nitrogens is 5. The van der Waals surface area contributed by atoms with Gasteiger partial charge in [0, 0.05) is 0 Å². The second-order valence-electron chi connectivity index (χ2n) is 1.95. The predicted molar refractivity (Wildman–Crippen MR) is 35.3 cm³/mol. The van der Waals surface area contributed by atoms with E-state index in [4.69, 9.17) is 5.41 Å². The molecule has 6 nitrogen and oxygen atoms in total. The van der Waals surface area contributed by atoms with Gasteiger partial charge in [-0.05, 0) is 12.1 Å². The van der Waals surface area contributed by atoms with E-state index in [-0.39, 0.29) is 5.49 Å². The molecule has 2 aromatic rings. The van der Waals surface area contributed by atoms with Crippen LogP contribution in [0.4, 0.5) is 0 Å². The minimum atomic E-state index is 0.102. The summed E-state index contributed by atoms with van der Waals surface area (Å²) in [5, 5.41) is 24.2. The molecule has 0 saturated heterocycles. The maximum Gasteiger partial charge on any atom is 0.223 e. The SMILES string of the molecule is N=c1ccc2n[nH]nc2nn1. The molecule has 2 rings (SSSR count). The largest absolute Gasteiger partial charge is 0.281 e. The summed E-state index contributed by atoms with van der Waals surface area (Å²) in [7, 11) is 0. The number of aromatic amines is 1. The topological polar surface area (TPSA) is 91.2 Å². The van der Waals surface area contributed by atoms with E-state index in [9.17, 15) is 0 Å². The zero-order valence-electron chi connectivity index (χ0n) is 5.44. The predicted octanol–water partition coefficient (Wildman–Crippen LogP) is -0.773. The maximum atomic E-state index is 7.13. The molecule has 0 aliphatic heterocycles. The van der Waals surface area contributed by atoms with Crippen molar-refractivity contribution in [3.05, 3.63) is 17.6 Å². The van der Waals surface area contributed by atoms with Crippen molar-refractivity contribution >= 4 is 11.2 Å². The quantitative estimate of drug-likeness (QED) is 0.513. The van der Waals surface area contributed by atoms with Crippen molar-refractivity contribution in [2.45, 2.75) is 0 Å². The first-order valence-electron chi connectivity index (χ1n) is 2.95. The lowest BCUT2D eigenvalue weighted by Gasteiger charge is -1.66. The molecule has 0 saturated carbocycles. The smallest absolute Gasteiger partial charge is 0.223 e. The number of H-pyrrole nitrogens is 1. The first-order chi connectivity index (χ1) is 5.36. The highest BCUT2D eigenvalue weighted by atomic mass is 15.4. The highest BCUT2D eigenvalue weighted by molar-refractivity contribution is 5.66. The van der Waals surface area contributed by atoms with Crippen molar-refractivity contribution in [1.82, 2.24) is 25.6 Å². The lowest BCUT2D eigenvalue weighted by molar-refractivity contribution is 0.923. The molecule has 2 heterocycles. The van der Waals surface area contributed by atoms with Gasteiger partial charge in [-0.15, -0.1) is 15.3 Å². The molecule has 11 heavy (non-hydrogen) atoms. The highest BCUT2D eigenvalue weighted by Gasteiger charge is 1.93. The number of nitrogens with zero attached hydrogens (tertiary/aromatic N) is 4. The second-order valence-corrected chi connectivity index (χ2v) is 1.95. The summed E-state index contributed by atoms with van der Waals surface area (Å²) in [5.74, 6) is 0. The van der Waals surface area contributed by atoms with E-state index in [1.165, 1.54) is 6.07 Å². The van der Waals surface area contributed by atoms with Crippen LogP contribution in [0.1, 0.15) is 0 Å². The van der Waals surface area contributed by atoms with E-state index >= 15 is 0 Å². The summed E-state index contributed by atoms with van der Waals surface area (Å²) in [6.45, 7) is 0. The Labute approximate surface area is 60.8 Å². The standard InChI is InChI=1S/C5H4N6/c6-4-2-1-3-5(9-8-4)10-11-7-3/h1-2,6H,(H,7,10,11). The van der Waals surface area contributed by atoms with Gasteiger partial charge in [0.25, 0.3) is 0 Å². The van der Waals surface area contributed by atoms with Gasteiger partial charge in [-0.3, -0.25) is 5.41 Å². The van der Waals surface area contributed by atoms with Crippen molar-refractivity contribution in [2.24, 2.45) is 0 Å². The molecule has 6 heteroatoms. The Bertz CT molecular complexity index is 395. The van der Waals surface area contributed by atoms with Crippen molar-refractivity contribution in [2.75, 3.05) is 0 Å². The first-order valence-corrected chi connectivity index (χ1v) is 2.95. The third kappa shape index (κ3) is 0.936. The summed E-state index contributed by atoms with van der Waals surface area (Å²) in [6.07, 6.45) is 0. The van der Waals surface area contributed by atoms with E-state index in [1.54, 1.807) is 6.07 Å². The highest BCUT2D eigenvalue weighted by Crippen LogP contribution is 1.95. The van der Waals surface area contributed by atoms with Crippen LogP contribution < -0.4 is 5.49 Å². The van der Waals surface area contributed by atoms with Crippen LogP contribution in [0.3, 0.4) is 0 Å². The van der Waals surface area contributed by atoms with Gasteiger partial charge in [-0.2, -0.15) is 10.3 Å². The zero-order valence-corrected chi connectivity index (χ0v) is 5.44. The molecule has 2 N–H and O–H groups in total. The molecule has 0 atom stereocenters. The Morgan fingerprint density at radius 1 is 1.18 bits per heavy atom. The molecule has 0 spiro atoms. The van der Waals surface area contributed by atoms with Crippen LogP contribution in [0.5, 0.6) is 0 Å². The van der Waals surface area contributed by atoms with Gasteiger partial charge in [0.15, 0.2) is 5.49 Å². The summed E-state index contributed by atoms with van der Waals surface area (Å²) >= 11 is 0. The summed E-state index contributed by atoms with van der Waals surface area (Å²) in [5.41, 5.74) is 1.13. The molecule has 0 radical (unpaired) electrons. The van der Waals surface area contributed by atoms with E-state index in [0.29, 0.717) is 11.2 Å². The van der Waals surface area contributed by atoms with Crippen LogP contribution in [-0.2, 0) is 0 Å². The van der Waals surface area contributed by atoms with Crippen molar-refractivity contribution in [3.63, 3.8) is 0 Å². The normalized spacial score (nSPS) is 10.2. The molecule has 0 aromatic carbocycles. The number of hydrogen-bond donors (Lipinski definition) is 2. The number of nitrogens with one attached hydrogen (secondary N) is 2. The van der Waals surface area contributed by atoms with Gasteiger partial charge in [0.1, 0.15) is 5.52 Å². The second kappa shape index (κ2) is 2.08.